The topological polar surface area (TPSA) is 0 Å². The van der Waals surface area contributed by atoms with Crippen LogP contribution in [-0.4, -0.2) is 0 Å². The van der Waals surface area contributed by atoms with Gasteiger partial charge in [0, 0.05) is 0 Å². The molecule has 14 heavy (non-hydrogen) atoms. The van der Waals surface area contributed by atoms with Crippen LogP contribution >= 0.6 is 0 Å². The zero-order valence-electron chi connectivity index (χ0n) is 8.43. The molecule has 0 saturated heterocycles. The van der Waals surface area contributed by atoms with Gasteiger partial charge in [0.2, 0.25) is 0 Å². The van der Waals surface area contributed by atoms with Crippen LogP contribution in [0, 0.1) is 17.6 Å². The monoisotopic (exact) mass is 196 g/mol. The number of rotatable bonds is 3. The van der Waals surface area contributed by atoms with Crippen LogP contribution in [0.4, 0.5) is 8.78 Å². The fourth-order valence-electron chi connectivity index (χ4n) is 1.45. The summed E-state index contributed by atoms with van der Waals surface area (Å²) >= 11 is 0. The van der Waals surface area contributed by atoms with Crippen molar-refractivity contribution in [2.75, 3.05) is 0 Å². The van der Waals surface area contributed by atoms with Crippen molar-refractivity contribution in [3.63, 3.8) is 0 Å². The SMILES string of the molecule is C/C=C\C(C)Cc1cccc(F)c1F. The van der Waals surface area contributed by atoms with Crippen LogP contribution in [0.25, 0.3) is 0 Å². The highest BCUT2D eigenvalue weighted by Gasteiger charge is 2.09. The zero-order chi connectivity index (χ0) is 10.6. The third-order valence-corrected chi connectivity index (χ3v) is 2.09. The van der Waals surface area contributed by atoms with E-state index in [0.717, 1.165) is 6.07 Å². The second-order valence-electron chi connectivity index (χ2n) is 3.42. The van der Waals surface area contributed by atoms with Crippen molar-refractivity contribution in [1.82, 2.24) is 0 Å². The van der Waals surface area contributed by atoms with Gasteiger partial charge in [0.25, 0.3) is 0 Å². The van der Waals surface area contributed by atoms with Gasteiger partial charge >= 0.3 is 0 Å². The van der Waals surface area contributed by atoms with E-state index in [1.807, 2.05) is 26.0 Å². The molecule has 0 heterocycles. The first-order valence-corrected chi connectivity index (χ1v) is 4.71. The Bertz CT molecular complexity index is 329. The van der Waals surface area contributed by atoms with Crippen molar-refractivity contribution in [1.29, 1.82) is 0 Å². The Morgan fingerprint density at radius 3 is 2.71 bits per heavy atom. The van der Waals surface area contributed by atoms with Crippen LogP contribution in [-0.2, 0) is 6.42 Å². The van der Waals surface area contributed by atoms with Crippen LogP contribution < -0.4 is 0 Å². The van der Waals surface area contributed by atoms with Crippen molar-refractivity contribution in [3.8, 4) is 0 Å². The Hall–Kier alpha value is -1.18. The largest absolute Gasteiger partial charge is 0.204 e. The number of benzene rings is 1. The Kier molecular flexibility index (Phi) is 3.81. The van der Waals surface area contributed by atoms with E-state index < -0.39 is 11.6 Å². The predicted octanol–water partition coefficient (Wildman–Crippen LogP) is 3.72. The smallest absolute Gasteiger partial charge is 0.162 e. The minimum Gasteiger partial charge on any atom is -0.204 e. The molecule has 0 aliphatic carbocycles. The lowest BCUT2D eigenvalue weighted by Crippen LogP contribution is -2.00. The van der Waals surface area contributed by atoms with Crippen molar-refractivity contribution < 1.29 is 8.78 Å². The number of halogens is 2. The van der Waals surface area contributed by atoms with Crippen LogP contribution in [0.1, 0.15) is 19.4 Å². The molecule has 0 aromatic heterocycles. The highest BCUT2D eigenvalue weighted by Crippen LogP contribution is 2.16. The van der Waals surface area contributed by atoms with E-state index >= 15 is 0 Å². The second-order valence-corrected chi connectivity index (χ2v) is 3.42. The molecule has 1 atom stereocenters. The lowest BCUT2D eigenvalue weighted by molar-refractivity contribution is 0.493. The molecule has 0 amide bonds. The molecular formula is C12H14F2. The van der Waals surface area contributed by atoms with Crippen LogP contribution in [0.2, 0.25) is 0 Å². The van der Waals surface area contributed by atoms with E-state index in [0.29, 0.717) is 12.0 Å². The van der Waals surface area contributed by atoms with Gasteiger partial charge in [-0.2, -0.15) is 0 Å². The summed E-state index contributed by atoms with van der Waals surface area (Å²) in [6.45, 7) is 3.89. The molecule has 0 saturated carbocycles. The fourth-order valence-corrected chi connectivity index (χ4v) is 1.45. The lowest BCUT2D eigenvalue weighted by atomic mass is 10.0. The summed E-state index contributed by atoms with van der Waals surface area (Å²) in [5, 5.41) is 0. The molecule has 0 aliphatic heterocycles. The van der Waals surface area contributed by atoms with Gasteiger partial charge in [-0.3, -0.25) is 0 Å². The molecule has 1 rings (SSSR count). The summed E-state index contributed by atoms with van der Waals surface area (Å²) in [5.41, 5.74) is 0.440. The quantitative estimate of drug-likeness (QED) is 0.646. The molecule has 0 spiro atoms. The maximum absolute atomic E-state index is 13.2. The molecule has 0 nitrogen and oxygen atoms in total. The number of hydrogen-bond donors (Lipinski definition) is 0. The molecule has 76 valence electrons. The molecular weight excluding hydrogens is 182 g/mol. The van der Waals surface area contributed by atoms with Gasteiger partial charge < -0.3 is 0 Å². The summed E-state index contributed by atoms with van der Waals surface area (Å²) in [7, 11) is 0. The summed E-state index contributed by atoms with van der Waals surface area (Å²) < 4.78 is 26.0. The van der Waals surface area contributed by atoms with Crippen molar-refractivity contribution in [2.45, 2.75) is 20.3 Å². The average molecular weight is 196 g/mol. The predicted molar refractivity (Wildman–Crippen MR) is 54.0 cm³/mol. The highest BCUT2D eigenvalue weighted by molar-refractivity contribution is 5.20. The van der Waals surface area contributed by atoms with Crippen LogP contribution in [0.3, 0.4) is 0 Å². The van der Waals surface area contributed by atoms with Crippen LogP contribution in [0.5, 0.6) is 0 Å². The normalized spacial score (nSPS) is 13.4. The van der Waals surface area contributed by atoms with Crippen molar-refractivity contribution in [3.05, 3.63) is 47.5 Å². The summed E-state index contributed by atoms with van der Waals surface area (Å²) in [6, 6.07) is 4.30. The van der Waals surface area contributed by atoms with E-state index in [9.17, 15) is 8.78 Å². The lowest BCUT2D eigenvalue weighted by Gasteiger charge is -2.07. The Balaban J connectivity index is 2.81. The van der Waals surface area contributed by atoms with Gasteiger partial charge in [-0.25, -0.2) is 8.78 Å². The average Bonchev–Trinajstić information content (AvgIpc) is 2.13. The van der Waals surface area contributed by atoms with E-state index in [1.165, 1.54) is 6.07 Å². The maximum Gasteiger partial charge on any atom is 0.162 e. The van der Waals surface area contributed by atoms with Gasteiger partial charge in [0.1, 0.15) is 0 Å². The Labute approximate surface area is 83.3 Å². The summed E-state index contributed by atoms with van der Waals surface area (Å²) in [4.78, 5) is 0. The summed E-state index contributed by atoms with van der Waals surface area (Å²) in [6.07, 6.45) is 4.43. The molecule has 0 radical (unpaired) electrons. The van der Waals surface area contributed by atoms with E-state index in [2.05, 4.69) is 0 Å². The number of allylic oxidation sites excluding steroid dienone is 2. The first-order valence-electron chi connectivity index (χ1n) is 4.71. The first-order chi connectivity index (χ1) is 6.65. The van der Waals surface area contributed by atoms with Gasteiger partial charge in [0.15, 0.2) is 11.6 Å². The third kappa shape index (κ3) is 2.66. The van der Waals surface area contributed by atoms with Crippen LogP contribution in [0.15, 0.2) is 30.4 Å². The number of hydrogen-bond acceptors (Lipinski definition) is 0. The van der Waals surface area contributed by atoms with E-state index in [-0.39, 0.29) is 5.92 Å². The molecule has 0 fully saturated rings. The van der Waals surface area contributed by atoms with Gasteiger partial charge in [-0.05, 0) is 30.9 Å². The Morgan fingerprint density at radius 1 is 1.36 bits per heavy atom. The van der Waals surface area contributed by atoms with E-state index in [4.69, 9.17) is 0 Å². The second kappa shape index (κ2) is 4.89. The molecule has 1 aromatic carbocycles. The van der Waals surface area contributed by atoms with Crippen molar-refractivity contribution >= 4 is 0 Å². The molecule has 0 bridgehead atoms. The highest BCUT2D eigenvalue weighted by atomic mass is 19.2. The fraction of sp³-hybridized carbons (Fsp3) is 0.333. The van der Waals surface area contributed by atoms with Gasteiger partial charge in [-0.15, -0.1) is 0 Å². The van der Waals surface area contributed by atoms with Crippen molar-refractivity contribution in [2.24, 2.45) is 5.92 Å². The zero-order valence-corrected chi connectivity index (χ0v) is 8.43. The standard InChI is InChI=1S/C12H14F2/c1-3-5-9(2)8-10-6-4-7-11(13)12(10)14/h3-7,9H,8H2,1-2H3/b5-3-. The van der Waals surface area contributed by atoms with Gasteiger partial charge in [0.05, 0.1) is 0 Å². The summed E-state index contributed by atoms with van der Waals surface area (Å²) in [5.74, 6) is -1.25. The van der Waals surface area contributed by atoms with E-state index in [1.54, 1.807) is 6.07 Å². The Morgan fingerprint density at radius 2 is 2.07 bits per heavy atom. The molecule has 1 unspecified atom stereocenters. The third-order valence-electron chi connectivity index (χ3n) is 2.09. The minimum atomic E-state index is -0.768. The molecule has 0 aliphatic rings. The first kappa shape index (κ1) is 10.9. The minimum absolute atomic E-state index is 0.233. The van der Waals surface area contributed by atoms with Gasteiger partial charge in [-0.1, -0.05) is 31.2 Å². The molecule has 1 aromatic rings. The molecule has 2 heteroatoms. The molecule has 0 N–H and O–H groups in total. The maximum atomic E-state index is 13.2.